The topological polar surface area (TPSA) is 103 Å². The second-order valence-electron chi connectivity index (χ2n) is 4.37. The lowest BCUT2D eigenvalue weighted by Gasteiger charge is -2.03. The average molecular weight is 316 g/mol. The Morgan fingerprint density at radius 2 is 1.91 bits per heavy atom. The molecule has 0 aliphatic carbocycles. The van der Waals surface area contributed by atoms with Crippen LogP contribution in [0.25, 0.3) is 5.69 Å². The minimum atomic E-state index is -3.61. The van der Waals surface area contributed by atoms with Crippen molar-refractivity contribution in [1.29, 1.82) is 0 Å². The van der Waals surface area contributed by atoms with E-state index in [0.29, 0.717) is 5.69 Å². The highest BCUT2D eigenvalue weighted by Crippen LogP contribution is 2.08. The van der Waals surface area contributed by atoms with E-state index in [9.17, 15) is 8.42 Å². The monoisotopic (exact) mass is 316 g/mol. The van der Waals surface area contributed by atoms with E-state index in [0.717, 1.165) is 5.69 Å². The molecule has 3 aromatic heterocycles. The van der Waals surface area contributed by atoms with Crippen LogP contribution in [0.4, 0.5) is 0 Å². The molecular formula is C13H12N6O2S. The maximum absolute atomic E-state index is 12.1. The Balaban J connectivity index is 1.72. The SMILES string of the molecule is O=S(=O)(NCc1cn(-c2ccncc2)nn1)c1cccnc1. The van der Waals surface area contributed by atoms with Crippen LogP contribution in [-0.2, 0) is 16.6 Å². The number of aromatic nitrogens is 5. The highest BCUT2D eigenvalue weighted by Gasteiger charge is 2.14. The van der Waals surface area contributed by atoms with Gasteiger partial charge in [0.25, 0.3) is 0 Å². The van der Waals surface area contributed by atoms with Gasteiger partial charge in [0.15, 0.2) is 0 Å². The van der Waals surface area contributed by atoms with Gasteiger partial charge in [0.05, 0.1) is 24.1 Å². The summed E-state index contributed by atoms with van der Waals surface area (Å²) in [4.78, 5) is 7.82. The lowest BCUT2D eigenvalue weighted by Crippen LogP contribution is -2.23. The molecule has 0 atom stereocenters. The van der Waals surface area contributed by atoms with E-state index in [-0.39, 0.29) is 11.4 Å². The Hall–Kier alpha value is -2.65. The van der Waals surface area contributed by atoms with Gasteiger partial charge in [0, 0.05) is 24.8 Å². The molecule has 0 aromatic carbocycles. The highest BCUT2D eigenvalue weighted by molar-refractivity contribution is 7.89. The van der Waals surface area contributed by atoms with Crippen molar-refractivity contribution in [1.82, 2.24) is 29.7 Å². The predicted octanol–water partition coefficient (Wildman–Crippen LogP) is 0.536. The molecule has 0 aliphatic rings. The Morgan fingerprint density at radius 3 is 2.64 bits per heavy atom. The van der Waals surface area contributed by atoms with Crippen LogP contribution in [0.5, 0.6) is 0 Å². The Morgan fingerprint density at radius 1 is 1.09 bits per heavy atom. The first-order valence-corrected chi connectivity index (χ1v) is 7.85. The average Bonchev–Trinajstić information content (AvgIpc) is 3.04. The molecule has 9 heteroatoms. The molecule has 0 aliphatic heterocycles. The third-order valence-corrected chi connectivity index (χ3v) is 4.24. The van der Waals surface area contributed by atoms with Gasteiger partial charge in [0.2, 0.25) is 10.0 Å². The molecule has 22 heavy (non-hydrogen) atoms. The largest absolute Gasteiger partial charge is 0.265 e. The normalized spacial score (nSPS) is 11.5. The molecule has 0 bridgehead atoms. The van der Waals surface area contributed by atoms with Gasteiger partial charge in [-0.15, -0.1) is 5.10 Å². The minimum Gasteiger partial charge on any atom is -0.265 e. The number of hydrogen-bond acceptors (Lipinski definition) is 6. The summed E-state index contributed by atoms with van der Waals surface area (Å²) < 4.78 is 28.1. The molecule has 8 nitrogen and oxygen atoms in total. The first-order valence-electron chi connectivity index (χ1n) is 6.36. The van der Waals surface area contributed by atoms with Crippen molar-refractivity contribution in [3.05, 3.63) is 60.9 Å². The van der Waals surface area contributed by atoms with Crippen molar-refractivity contribution >= 4 is 10.0 Å². The van der Waals surface area contributed by atoms with Crippen LogP contribution in [0, 0.1) is 0 Å². The standard InChI is InChI=1S/C13H12N6O2S/c20-22(21,13-2-1-5-15-9-13)16-8-11-10-19(18-17-11)12-3-6-14-7-4-12/h1-7,9-10,16H,8H2. The predicted molar refractivity (Wildman–Crippen MR) is 77.4 cm³/mol. The third-order valence-electron chi connectivity index (χ3n) is 2.86. The van der Waals surface area contributed by atoms with Crippen LogP contribution >= 0.6 is 0 Å². The quantitative estimate of drug-likeness (QED) is 0.737. The fraction of sp³-hybridized carbons (Fsp3) is 0.0769. The summed E-state index contributed by atoms with van der Waals surface area (Å²) in [5.74, 6) is 0. The second-order valence-corrected chi connectivity index (χ2v) is 6.14. The second kappa shape index (κ2) is 6.00. The summed E-state index contributed by atoms with van der Waals surface area (Å²) in [6.07, 6.45) is 7.74. The summed E-state index contributed by atoms with van der Waals surface area (Å²) in [7, 11) is -3.61. The van der Waals surface area contributed by atoms with Crippen LogP contribution in [0.3, 0.4) is 0 Å². The molecule has 0 saturated heterocycles. The van der Waals surface area contributed by atoms with Gasteiger partial charge in [-0.1, -0.05) is 5.21 Å². The minimum absolute atomic E-state index is 0.0440. The van der Waals surface area contributed by atoms with E-state index in [4.69, 9.17) is 0 Å². The van der Waals surface area contributed by atoms with Gasteiger partial charge < -0.3 is 0 Å². The maximum atomic E-state index is 12.1. The summed E-state index contributed by atoms with van der Waals surface area (Å²) in [5, 5.41) is 7.89. The Kier molecular flexibility index (Phi) is 3.90. The fourth-order valence-electron chi connectivity index (χ4n) is 1.76. The number of nitrogens with one attached hydrogen (secondary N) is 1. The van der Waals surface area contributed by atoms with Gasteiger partial charge in [-0.3, -0.25) is 9.97 Å². The van der Waals surface area contributed by atoms with E-state index in [2.05, 4.69) is 25.0 Å². The van der Waals surface area contributed by atoms with E-state index in [1.807, 2.05) is 0 Å². The van der Waals surface area contributed by atoms with Crippen LogP contribution in [0.15, 0.2) is 60.1 Å². The molecule has 0 fully saturated rings. The summed E-state index contributed by atoms with van der Waals surface area (Å²) in [6.45, 7) is 0.0440. The van der Waals surface area contributed by atoms with Crippen LogP contribution in [0.2, 0.25) is 0 Å². The van der Waals surface area contributed by atoms with Crippen molar-refractivity contribution in [3.63, 3.8) is 0 Å². The smallest absolute Gasteiger partial charge is 0.242 e. The van der Waals surface area contributed by atoms with Crippen molar-refractivity contribution in [2.45, 2.75) is 11.4 Å². The van der Waals surface area contributed by atoms with Crippen molar-refractivity contribution in [2.75, 3.05) is 0 Å². The molecule has 3 heterocycles. The fourth-order valence-corrected chi connectivity index (χ4v) is 2.72. The molecular weight excluding hydrogens is 304 g/mol. The Bertz CT molecular complexity index is 849. The molecule has 0 amide bonds. The zero-order chi connectivity index (χ0) is 15.4. The van der Waals surface area contributed by atoms with Crippen LogP contribution in [-0.4, -0.2) is 33.4 Å². The van der Waals surface area contributed by atoms with E-state index < -0.39 is 10.0 Å². The van der Waals surface area contributed by atoms with Crippen LogP contribution < -0.4 is 4.72 Å². The molecule has 3 rings (SSSR count). The lowest BCUT2D eigenvalue weighted by atomic mass is 10.4. The molecule has 0 saturated carbocycles. The molecule has 0 radical (unpaired) electrons. The first kappa shape index (κ1) is 14.3. The molecule has 112 valence electrons. The molecule has 3 aromatic rings. The first-order chi connectivity index (χ1) is 10.6. The highest BCUT2D eigenvalue weighted by atomic mass is 32.2. The number of hydrogen-bond donors (Lipinski definition) is 1. The number of sulfonamides is 1. The van der Waals surface area contributed by atoms with Gasteiger partial charge in [-0.2, -0.15) is 0 Å². The van der Waals surface area contributed by atoms with E-state index >= 15 is 0 Å². The van der Waals surface area contributed by atoms with Gasteiger partial charge in [-0.05, 0) is 24.3 Å². The van der Waals surface area contributed by atoms with Gasteiger partial charge in [-0.25, -0.2) is 17.8 Å². The van der Waals surface area contributed by atoms with Crippen molar-refractivity contribution < 1.29 is 8.42 Å². The molecule has 0 spiro atoms. The third kappa shape index (κ3) is 3.15. The van der Waals surface area contributed by atoms with Gasteiger partial charge in [0.1, 0.15) is 4.90 Å². The number of nitrogens with zero attached hydrogens (tertiary/aromatic N) is 5. The summed E-state index contributed by atoms with van der Waals surface area (Å²) >= 11 is 0. The van der Waals surface area contributed by atoms with E-state index in [1.165, 1.54) is 18.5 Å². The zero-order valence-electron chi connectivity index (χ0n) is 11.4. The lowest BCUT2D eigenvalue weighted by molar-refractivity contribution is 0.580. The summed E-state index contributed by atoms with van der Waals surface area (Å²) in [5.41, 5.74) is 1.30. The van der Waals surface area contributed by atoms with Crippen LogP contribution in [0.1, 0.15) is 5.69 Å². The molecule has 1 N–H and O–H groups in total. The number of pyridine rings is 2. The zero-order valence-corrected chi connectivity index (χ0v) is 12.2. The summed E-state index contributed by atoms with van der Waals surface area (Å²) in [6, 6.07) is 6.59. The van der Waals surface area contributed by atoms with Crippen molar-refractivity contribution in [2.24, 2.45) is 0 Å². The molecule has 0 unspecified atom stereocenters. The number of rotatable bonds is 5. The van der Waals surface area contributed by atoms with Crippen molar-refractivity contribution in [3.8, 4) is 5.69 Å². The maximum Gasteiger partial charge on any atom is 0.242 e. The van der Waals surface area contributed by atoms with E-state index in [1.54, 1.807) is 41.5 Å². The van der Waals surface area contributed by atoms with Gasteiger partial charge >= 0.3 is 0 Å². The Labute approximate surface area is 126 Å².